The van der Waals surface area contributed by atoms with E-state index in [9.17, 15) is 14.3 Å². The van der Waals surface area contributed by atoms with Gasteiger partial charge in [0, 0.05) is 23.4 Å². The van der Waals surface area contributed by atoms with Crippen molar-refractivity contribution >= 4 is 28.3 Å². The normalized spacial score (nSPS) is 12.1. The molecule has 0 bridgehead atoms. The molecule has 10 heteroatoms. The van der Waals surface area contributed by atoms with Crippen molar-refractivity contribution in [1.82, 2.24) is 14.9 Å². The Labute approximate surface area is 185 Å². The van der Waals surface area contributed by atoms with Crippen molar-refractivity contribution in [3.8, 4) is 17.2 Å². The number of likely N-dealkylation sites (N-methyl/N-ethyl adjacent to an activating group) is 1. The molecule has 0 radical (unpaired) electrons. The standard InChI is InChI=1S/C22H26FN5O4/c1-12-17(29)6-5-14(23)20(12)27-22-13-9-18(31-4)19(10-15(13)25-11-26-22)32-8-7-16(21(24)30)28(2)3/h5-6,9-11,16,29H,7-8H2,1-4H3,(H2,24,30)(H,25,26,27). The van der Waals surface area contributed by atoms with Crippen LogP contribution < -0.4 is 20.5 Å². The van der Waals surface area contributed by atoms with Gasteiger partial charge in [0.2, 0.25) is 5.91 Å². The highest BCUT2D eigenvalue weighted by Crippen LogP contribution is 2.36. The molecular weight excluding hydrogens is 417 g/mol. The fourth-order valence-corrected chi connectivity index (χ4v) is 3.31. The van der Waals surface area contributed by atoms with Crippen LogP contribution in [-0.4, -0.2) is 59.7 Å². The van der Waals surface area contributed by atoms with E-state index in [0.29, 0.717) is 40.2 Å². The number of carbonyl (C=O) groups excluding carboxylic acids is 1. The van der Waals surface area contributed by atoms with Crippen LogP contribution in [0, 0.1) is 12.7 Å². The maximum atomic E-state index is 14.3. The highest BCUT2D eigenvalue weighted by Gasteiger charge is 2.19. The predicted octanol–water partition coefficient (Wildman–Crippen LogP) is 2.72. The number of nitrogens with one attached hydrogen (secondary N) is 1. The van der Waals surface area contributed by atoms with Crippen molar-refractivity contribution in [2.24, 2.45) is 5.73 Å². The Bertz CT molecular complexity index is 1140. The number of benzene rings is 2. The molecule has 3 rings (SSSR count). The van der Waals surface area contributed by atoms with Gasteiger partial charge in [-0.05, 0) is 39.2 Å². The van der Waals surface area contributed by atoms with Gasteiger partial charge in [-0.1, -0.05) is 0 Å². The summed E-state index contributed by atoms with van der Waals surface area (Å²) >= 11 is 0. The van der Waals surface area contributed by atoms with Gasteiger partial charge in [0.1, 0.15) is 23.7 Å². The Morgan fingerprint density at radius 1 is 1.28 bits per heavy atom. The fraction of sp³-hybridized carbons (Fsp3) is 0.318. The van der Waals surface area contributed by atoms with Crippen molar-refractivity contribution < 1.29 is 23.8 Å². The summed E-state index contributed by atoms with van der Waals surface area (Å²) in [5, 5.41) is 13.4. The number of hydrogen-bond acceptors (Lipinski definition) is 8. The van der Waals surface area contributed by atoms with Crippen LogP contribution in [0.4, 0.5) is 15.9 Å². The number of methoxy groups -OCH3 is 1. The van der Waals surface area contributed by atoms with E-state index in [1.165, 1.54) is 25.6 Å². The largest absolute Gasteiger partial charge is 0.508 e. The van der Waals surface area contributed by atoms with Gasteiger partial charge in [0.25, 0.3) is 0 Å². The molecule has 0 saturated carbocycles. The minimum atomic E-state index is -0.524. The number of nitrogens with two attached hydrogens (primary N) is 1. The van der Waals surface area contributed by atoms with E-state index in [4.69, 9.17) is 15.2 Å². The zero-order valence-corrected chi connectivity index (χ0v) is 18.3. The van der Waals surface area contributed by atoms with Crippen LogP contribution in [0.25, 0.3) is 10.9 Å². The summed E-state index contributed by atoms with van der Waals surface area (Å²) in [7, 11) is 5.04. The number of primary amides is 1. The van der Waals surface area contributed by atoms with Crippen LogP contribution in [0.5, 0.6) is 17.2 Å². The van der Waals surface area contributed by atoms with Gasteiger partial charge in [0.15, 0.2) is 11.5 Å². The van der Waals surface area contributed by atoms with Gasteiger partial charge in [0.05, 0.1) is 31.0 Å². The molecule has 2 aromatic carbocycles. The molecule has 0 aliphatic rings. The number of rotatable bonds is 9. The molecule has 0 spiro atoms. The molecule has 0 saturated heterocycles. The van der Waals surface area contributed by atoms with Gasteiger partial charge in [-0.15, -0.1) is 0 Å². The summed E-state index contributed by atoms with van der Waals surface area (Å²) in [6, 6.07) is 5.37. The summed E-state index contributed by atoms with van der Waals surface area (Å²) in [6.07, 6.45) is 1.74. The first-order valence-electron chi connectivity index (χ1n) is 9.89. The average Bonchev–Trinajstić information content (AvgIpc) is 2.75. The number of hydrogen-bond donors (Lipinski definition) is 3. The third kappa shape index (κ3) is 4.80. The zero-order valence-electron chi connectivity index (χ0n) is 18.3. The molecule has 9 nitrogen and oxygen atoms in total. The molecule has 32 heavy (non-hydrogen) atoms. The summed E-state index contributed by atoms with van der Waals surface area (Å²) < 4.78 is 25.6. The van der Waals surface area contributed by atoms with Crippen molar-refractivity contribution in [3.05, 3.63) is 42.0 Å². The second-order valence-electron chi connectivity index (χ2n) is 7.45. The minimum Gasteiger partial charge on any atom is -0.508 e. The van der Waals surface area contributed by atoms with Gasteiger partial charge < -0.3 is 25.6 Å². The van der Waals surface area contributed by atoms with E-state index >= 15 is 0 Å². The summed E-state index contributed by atoms with van der Waals surface area (Å²) in [5.41, 5.74) is 6.44. The molecular formula is C22H26FN5O4. The number of halogens is 1. The second kappa shape index (κ2) is 9.65. The van der Waals surface area contributed by atoms with Crippen LogP contribution in [0.15, 0.2) is 30.6 Å². The Hall–Kier alpha value is -3.66. The van der Waals surface area contributed by atoms with Gasteiger partial charge in [-0.2, -0.15) is 0 Å². The Morgan fingerprint density at radius 3 is 2.69 bits per heavy atom. The highest BCUT2D eigenvalue weighted by atomic mass is 19.1. The summed E-state index contributed by atoms with van der Waals surface area (Å²) in [4.78, 5) is 21.8. The average molecular weight is 443 g/mol. The molecule has 1 unspecified atom stereocenters. The van der Waals surface area contributed by atoms with Crippen LogP contribution in [0.2, 0.25) is 0 Å². The first-order chi connectivity index (χ1) is 15.2. The Balaban J connectivity index is 1.91. The number of nitrogens with zero attached hydrogens (tertiary/aromatic N) is 3. The topological polar surface area (TPSA) is 123 Å². The minimum absolute atomic E-state index is 0.0347. The molecule has 0 aliphatic carbocycles. The van der Waals surface area contributed by atoms with Crippen LogP contribution in [0.1, 0.15) is 12.0 Å². The van der Waals surface area contributed by atoms with E-state index in [1.54, 1.807) is 38.1 Å². The smallest absolute Gasteiger partial charge is 0.234 e. The number of ether oxygens (including phenoxy) is 2. The molecule has 3 aromatic rings. The SMILES string of the molecule is COc1cc2c(Nc3c(F)ccc(O)c3C)ncnc2cc1OCCC(C(N)=O)N(C)C. The number of phenolic OH excluding ortho intramolecular Hbond substituents is 1. The van der Waals surface area contributed by atoms with Crippen molar-refractivity contribution in [2.75, 3.05) is 33.1 Å². The lowest BCUT2D eigenvalue weighted by molar-refractivity contribution is -0.122. The summed E-state index contributed by atoms with van der Waals surface area (Å²) in [5.74, 6) is 0.211. The van der Waals surface area contributed by atoms with E-state index in [2.05, 4.69) is 15.3 Å². The van der Waals surface area contributed by atoms with E-state index in [0.717, 1.165) is 0 Å². The van der Waals surface area contributed by atoms with Crippen molar-refractivity contribution in [2.45, 2.75) is 19.4 Å². The summed E-state index contributed by atoms with van der Waals surface area (Å²) in [6.45, 7) is 1.83. The molecule has 1 amide bonds. The van der Waals surface area contributed by atoms with E-state index in [1.807, 2.05) is 0 Å². The number of fused-ring (bicyclic) bond motifs is 1. The van der Waals surface area contributed by atoms with E-state index < -0.39 is 17.8 Å². The molecule has 1 heterocycles. The fourth-order valence-electron chi connectivity index (χ4n) is 3.31. The van der Waals surface area contributed by atoms with E-state index in [-0.39, 0.29) is 18.0 Å². The molecule has 170 valence electrons. The number of aromatic hydroxyl groups is 1. The molecule has 1 atom stereocenters. The predicted molar refractivity (Wildman–Crippen MR) is 119 cm³/mol. The number of carbonyl (C=O) groups is 1. The molecule has 1 aromatic heterocycles. The second-order valence-corrected chi connectivity index (χ2v) is 7.45. The number of anilines is 2. The first-order valence-corrected chi connectivity index (χ1v) is 9.89. The van der Waals surface area contributed by atoms with Gasteiger partial charge in [-0.25, -0.2) is 14.4 Å². The third-order valence-corrected chi connectivity index (χ3v) is 5.15. The monoisotopic (exact) mass is 443 g/mol. The lowest BCUT2D eigenvalue weighted by Gasteiger charge is -2.21. The van der Waals surface area contributed by atoms with Crippen LogP contribution in [-0.2, 0) is 4.79 Å². The lowest BCUT2D eigenvalue weighted by Crippen LogP contribution is -2.41. The maximum absolute atomic E-state index is 14.3. The van der Waals surface area contributed by atoms with Crippen LogP contribution in [0.3, 0.4) is 0 Å². The Kier molecular flexibility index (Phi) is 6.94. The van der Waals surface area contributed by atoms with Gasteiger partial charge >= 0.3 is 0 Å². The first kappa shape index (κ1) is 23.0. The van der Waals surface area contributed by atoms with Crippen molar-refractivity contribution in [1.29, 1.82) is 0 Å². The molecule has 4 N–H and O–H groups in total. The third-order valence-electron chi connectivity index (χ3n) is 5.15. The number of amides is 1. The number of aromatic nitrogens is 2. The Morgan fingerprint density at radius 2 is 2.03 bits per heavy atom. The van der Waals surface area contributed by atoms with Gasteiger partial charge in [-0.3, -0.25) is 9.69 Å². The molecule has 0 aliphatic heterocycles. The number of phenols is 1. The lowest BCUT2D eigenvalue weighted by atomic mass is 10.1. The maximum Gasteiger partial charge on any atom is 0.234 e. The van der Waals surface area contributed by atoms with Crippen LogP contribution >= 0.6 is 0 Å². The van der Waals surface area contributed by atoms with Crippen molar-refractivity contribution in [3.63, 3.8) is 0 Å². The zero-order chi connectivity index (χ0) is 23.4. The quantitative estimate of drug-likeness (QED) is 0.461. The molecule has 0 fully saturated rings. The highest BCUT2D eigenvalue weighted by molar-refractivity contribution is 5.93.